The predicted octanol–water partition coefficient (Wildman–Crippen LogP) is -0.805. The van der Waals surface area contributed by atoms with E-state index in [1.807, 2.05) is 6.07 Å². The number of nitrogens with one attached hydrogen (secondary N) is 2. The molecule has 0 aliphatic carbocycles. The molecule has 0 saturated carbocycles. The molecule has 6 heteroatoms. The summed E-state index contributed by atoms with van der Waals surface area (Å²) < 4.78 is 0. The summed E-state index contributed by atoms with van der Waals surface area (Å²) in [5.74, 6) is -0.313. The highest BCUT2D eigenvalue weighted by Gasteiger charge is 2.17. The van der Waals surface area contributed by atoms with Gasteiger partial charge in [-0.2, -0.15) is 5.26 Å². The molecule has 6 nitrogen and oxygen atoms in total. The van der Waals surface area contributed by atoms with E-state index >= 15 is 0 Å². The number of carbonyl (C=O) groups excluding carboxylic acids is 2. The van der Waals surface area contributed by atoms with Crippen LogP contribution in [-0.4, -0.2) is 31.4 Å². The smallest absolute Gasteiger partial charge is 0.282 e. The van der Waals surface area contributed by atoms with Crippen molar-refractivity contribution in [2.24, 2.45) is 0 Å². The van der Waals surface area contributed by atoms with Crippen molar-refractivity contribution in [3.8, 4) is 6.07 Å². The number of nitrogens with two attached hydrogens (primary N) is 1. The zero-order valence-electron chi connectivity index (χ0n) is 10.9. The van der Waals surface area contributed by atoms with Crippen LogP contribution < -0.4 is 16.0 Å². The van der Waals surface area contributed by atoms with E-state index in [-0.39, 0.29) is 24.4 Å². The second-order valence-electron chi connectivity index (χ2n) is 4.08. The molecule has 1 rings (SSSR count). The molecule has 2 amide bonds. The second-order valence-corrected chi connectivity index (χ2v) is 4.08. The first-order valence-electron chi connectivity index (χ1n) is 5.91. The molecule has 100 valence electrons. The van der Waals surface area contributed by atoms with Gasteiger partial charge in [0.05, 0.1) is 11.6 Å². The van der Waals surface area contributed by atoms with Gasteiger partial charge in [-0.3, -0.25) is 9.59 Å². The Labute approximate surface area is 111 Å². The summed E-state index contributed by atoms with van der Waals surface area (Å²) >= 11 is 0. The van der Waals surface area contributed by atoms with Crippen LogP contribution in [0, 0.1) is 11.3 Å². The van der Waals surface area contributed by atoms with Crippen LogP contribution in [0.2, 0.25) is 0 Å². The van der Waals surface area contributed by atoms with E-state index in [1.165, 1.54) is 0 Å². The topological polar surface area (TPSA) is 98.6 Å². The standard InChI is InChI=1S/C13H16N4O2/c1-9(16-8-12(18)15-2)13(19)17-11-5-3-10(7-14)4-6-11/h3-6,9,16H,8H2,1-2H3,(H,15,18)(H,17,19)/p+1/t9-/m0/s1. The van der Waals surface area contributed by atoms with E-state index in [2.05, 4.69) is 10.6 Å². The third-order valence-corrected chi connectivity index (χ3v) is 2.63. The highest BCUT2D eigenvalue weighted by atomic mass is 16.2. The Morgan fingerprint density at radius 1 is 1.37 bits per heavy atom. The quantitative estimate of drug-likeness (QED) is 0.646. The van der Waals surface area contributed by atoms with E-state index in [0.29, 0.717) is 11.3 Å². The maximum absolute atomic E-state index is 11.8. The molecule has 4 N–H and O–H groups in total. The van der Waals surface area contributed by atoms with Crippen LogP contribution in [0.3, 0.4) is 0 Å². The number of benzene rings is 1. The van der Waals surface area contributed by atoms with Crippen LogP contribution in [0.25, 0.3) is 0 Å². The zero-order valence-corrected chi connectivity index (χ0v) is 10.9. The number of likely N-dealkylation sites (N-methyl/N-ethyl adjacent to an activating group) is 1. The number of quaternary nitrogens is 1. The van der Waals surface area contributed by atoms with Crippen molar-refractivity contribution < 1.29 is 14.9 Å². The van der Waals surface area contributed by atoms with Crippen LogP contribution >= 0.6 is 0 Å². The van der Waals surface area contributed by atoms with Crippen molar-refractivity contribution in [1.29, 1.82) is 5.26 Å². The third kappa shape index (κ3) is 4.77. The molecule has 0 spiro atoms. The van der Waals surface area contributed by atoms with E-state index in [0.717, 1.165) is 0 Å². The van der Waals surface area contributed by atoms with Gasteiger partial charge in [0.2, 0.25) is 0 Å². The first kappa shape index (κ1) is 14.7. The van der Waals surface area contributed by atoms with Gasteiger partial charge in [-0.1, -0.05) is 0 Å². The fourth-order valence-electron chi connectivity index (χ4n) is 1.38. The van der Waals surface area contributed by atoms with Gasteiger partial charge in [0, 0.05) is 12.7 Å². The van der Waals surface area contributed by atoms with Crippen molar-refractivity contribution >= 4 is 17.5 Å². The lowest BCUT2D eigenvalue weighted by Crippen LogP contribution is -2.93. The van der Waals surface area contributed by atoms with E-state index in [4.69, 9.17) is 5.26 Å². The SMILES string of the molecule is CNC(=O)C[NH2+][C@@H](C)C(=O)Nc1ccc(C#N)cc1. The molecule has 1 aromatic carbocycles. The van der Waals surface area contributed by atoms with E-state index in [1.54, 1.807) is 43.6 Å². The third-order valence-electron chi connectivity index (χ3n) is 2.63. The van der Waals surface area contributed by atoms with Crippen LogP contribution in [0.15, 0.2) is 24.3 Å². The predicted molar refractivity (Wildman–Crippen MR) is 70.1 cm³/mol. The maximum atomic E-state index is 11.8. The van der Waals surface area contributed by atoms with E-state index < -0.39 is 0 Å². The second kappa shape index (κ2) is 7.13. The summed E-state index contributed by atoms with van der Waals surface area (Å²) in [6, 6.07) is 8.24. The molecule has 0 unspecified atom stereocenters. The maximum Gasteiger partial charge on any atom is 0.282 e. The number of nitriles is 1. The Morgan fingerprint density at radius 3 is 2.53 bits per heavy atom. The highest BCUT2D eigenvalue weighted by Crippen LogP contribution is 2.08. The van der Waals surface area contributed by atoms with Gasteiger partial charge in [0.15, 0.2) is 12.6 Å². The lowest BCUT2D eigenvalue weighted by Gasteiger charge is -2.10. The summed E-state index contributed by atoms with van der Waals surface area (Å²) in [7, 11) is 1.55. The summed E-state index contributed by atoms with van der Waals surface area (Å²) in [6.45, 7) is 1.93. The largest absolute Gasteiger partial charge is 0.354 e. The van der Waals surface area contributed by atoms with Crippen molar-refractivity contribution in [3.63, 3.8) is 0 Å². The Balaban J connectivity index is 2.49. The summed E-state index contributed by atoms with van der Waals surface area (Å²) in [5.41, 5.74) is 1.17. The first-order chi connectivity index (χ1) is 9.06. The monoisotopic (exact) mass is 261 g/mol. The minimum absolute atomic E-state index is 0.127. The lowest BCUT2D eigenvalue weighted by atomic mass is 10.2. The molecule has 0 aromatic heterocycles. The fourth-order valence-corrected chi connectivity index (χ4v) is 1.38. The van der Waals surface area contributed by atoms with Gasteiger partial charge in [-0.25, -0.2) is 0 Å². The van der Waals surface area contributed by atoms with Gasteiger partial charge >= 0.3 is 0 Å². The molecular formula is C13H17N4O2+. The van der Waals surface area contributed by atoms with Crippen LogP contribution in [0.1, 0.15) is 12.5 Å². The molecule has 1 atom stereocenters. The number of rotatable bonds is 5. The molecule has 0 aliphatic rings. The number of hydrogen-bond acceptors (Lipinski definition) is 3. The van der Waals surface area contributed by atoms with Crippen molar-refractivity contribution in [3.05, 3.63) is 29.8 Å². The number of nitrogens with zero attached hydrogens (tertiary/aromatic N) is 1. The summed E-state index contributed by atoms with van der Waals surface area (Å²) in [6.07, 6.45) is 0. The Morgan fingerprint density at radius 2 is 2.00 bits per heavy atom. The molecular weight excluding hydrogens is 244 g/mol. The average Bonchev–Trinajstić information content (AvgIpc) is 2.44. The fraction of sp³-hybridized carbons (Fsp3) is 0.308. The van der Waals surface area contributed by atoms with Crippen molar-refractivity contribution in [2.75, 3.05) is 18.9 Å². The van der Waals surface area contributed by atoms with Gasteiger partial charge in [0.1, 0.15) is 0 Å². The minimum Gasteiger partial charge on any atom is -0.354 e. The number of anilines is 1. The Hall–Kier alpha value is -2.39. The summed E-state index contributed by atoms with van der Waals surface area (Å²) in [4.78, 5) is 22.9. The normalized spacial score (nSPS) is 11.2. The molecule has 0 bridgehead atoms. The van der Waals surface area contributed by atoms with Crippen molar-refractivity contribution in [1.82, 2.24) is 5.32 Å². The molecule has 0 heterocycles. The van der Waals surface area contributed by atoms with E-state index in [9.17, 15) is 9.59 Å². The number of hydrogen-bond donors (Lipinski definition) is 3. The van der Waals surface area contributed by atoms with Crippen LogP contribution in [0.5, 0.6) is 0 Å². The molecule has 0 fully saturated rings. The van der Waals surface area contributed by atoms with Crippen molar-refractivity contribution in [2.45, 2.75) is 13.0 Å². The molecule has 19 heavy (non-hydrogen) atoms. The van der Waals surface area contributed by atoms with Gasteiger partial charge < -0.3 is 16.0 Å². The molecule has 0 radical (unpaired) electrons. The average molecular weight is 261 g/mol. The minimum atomic E-state index is -0.368. The van der Waals surface area contributed by atoms with Gasteiger partial charge in [0.25, 0.3) is 11.8 Å². The number of amides is 2. The number of carbonyl (C=O) groups is 2. The molecule has 1 aromatic rings. The zero-order chi connectivity index (χ0) is 14.3. The molecule has 0 aliphatic heterocycles. The van der Waals surface area contributed by atoms with Crippen LogP contribution in [0.4, 0.5) is 5.69 Å². The lowest BCUT2D eigenvalue weighted by molar-refractivity contribution is -0.662. The Bertz CT molecular complexity index is 490. The first-order valence-corrected chi connectivity index (χ1v) is 5.91. The Kier molecular flexibility index (Phi) is 5.51. The van der Waals surface area contributed by atoms with Gasteiger partial charge in [-0.05, 0) is 31.2 Å². The molecule has 0 saturated heterocycles. The van der Waals surface area contributed by atoms with Gasteiger partial charge in [-0.15, -0.1) is 0 Å². The summed E-state index contributed by atoms with van der Waals surface area (Å²) in [5, 5.41) is 15.5. The van der Waals surface area contributed by atoms with Crippen LogP contribution in [-0.2, 0) is 9.59 Å². The highest BCUT2D eigenvalue weighted by molar-refractivity contribution is 5.93.